The van der Waals surface area contributed by atoms with Crippen LogP contribution in [0.15, 0.2) is 27.6 Å². The average molecular weight is 245 g/mol. The van der Waals surface area contributed by atoms with E-state index >= 15 is 0 Å². The van der Waals surface area contributed by atoms with E-state index in [1.807, 2.05) is 11.8 Å². The zero-order chi connectivity index (χ0) is 8.97. The maximum atomic E-state index is 3.52. The van der Waals surface area contributed by atoms with E-state index in [1.54, 1.807) is 0 Å². The molecule has 0 saturated heterocycles. The summed E-state index contributed by atoms with van der Waals surface area (Å²) in [6.07, 6.45) is 1.23. The third-order valence-electron chi connectivity index (χ3n) is 1.68. The highest BCUT2D eigenvalue weighted by Crippen LogP contribution is 2.27. The van der Waals surface area contributed by atoms with Gasteiger partial charge >= 0.3 is 0 Å². The largest absolute Gasteiger partial charge is 0.126 e. The maximum absolute atomic E-state index is 3.52. The van der Waals surface area contributed by atoms with Gasteiger partial charge in [-0.3, -0.25) is 0 Å². The SMILES string of the molecule is CCCSc1cccc(Br)c1C. The molecule has 0 saturated carbocycles. The fourth-order valence-corrected chi connectivity index (χ4v) is 2.38. The molecular weight excluding hydrogens is 232 g/mol. The normalized spacial score (nSPS) is 10.2. The molecule has 0 nitrogen and oxygen atoms in total. The molecule has 0 aliphatic heterocycles. The monoisotopic (exact) mass is 244 g/mol. The Bertz CT molecular complexity index is 258. The molecule has 0 aliphatic carbocycles. The number of hydrogen-bond acceptors (Lipinski definition) is 1. The topological polar surface area (TPSA) is 0 Å². The summed E-state index contributed by atoms with van der Waals surface area (Å²) >= 11 is 5.46. The van der Waals surface area contributed by atoms with Gasteiger partial charge in [-0.15, -0.1) is 11.8 Å². The van der Waals surface area contributed by atoms with Crippen LogP contribution in [0.25, 0.3) is 0 Å². The van der Waals surface area contributed by atoms with E-state index in [4.69, 9.17) is 0 Å². The Hall–Kier alpha value is 0.0500. The summed E-state index contributed by atoms with van der Waals surface area (Å²) in [7, 11) is 0. The van der Waals surface area contributed by atoms with Gasteiger partial charge in [0.25, 0.3) is 0 Å². The van der Waals surface area contributed by atoms with Gasteiger partial charge in [0.1, 0.15) is 0 Å². The molecule has 0 heterocycles. The van der Waals surface area contributed by atoms with Crippen LogP contribution in [-0.4, -0.2) is 5.75 Å². The lowest BCUT2D eigenvalue weighted by Crippen LogP contribution is -1.82. The van der Waals surface area contributed by atoms with Crippen LogP contribution in [0.2, 0.25) is 0 Å². The van der Waals surface area contributed by atoms with Gasteiger partial charge in [-0.05, 0) is 36.8 Å². The number of hydrogen-bond donors (Lipinski definition) is 0. The minimum atomic E-state index is 1.21. The summed E-state index contributed by atoms with van der Waals surface area (Å²) in [5, 5.41) is 0. The number of benzene rings is 1. The highest BCUT2D eigenvalue weighted by molar-refractivity contribution is 9.10. The van der Waals surface area contributed by atoms with E-state index in [9.17, 15) is 0 Å². The Morgan fingerprint density at radius 1 is 1.42 bits per heavy atom. The van der Waals surface area contributed by atoms with Gasteiger partial charge in [0.15, 0.2) is 0 Å². The Balaban J connectivity index is 2.78. The predicted octanol–water partition coefficient (Wildman–Crippen LogP) is 4.26. The predicted molar refractivity (Wildman–Crippen MR) is 59.9 cm³/mol. The minimum absolute atomic E-state index is 1.21. The fraction of sp³-hybridized carbons (Fsp3) is 0.400. The maximum Gasteiger partial charge on any atom is 0.0215 e. The van der Waals surface area contributed by atoms with Crippen LogP contribution < -0.4 is 0 Å². The third-order valence-corrected chi connectivity index (χ3v) is 3.90. The van der Waals surface area contributed by atoms with Gasteiger partial charge in [-0.2, -0.15) is 0 Å². The summed E-state index contributed by atoms with van der Waals surface area (Å²) < 4.78 is 1.21. The zero-order valence-corrected chi connectivity index (χ0v) is 9.83. The first kappa shape index (κ1) is 10.1. The standard InChI is InChI=1S/C10H13BrS/c1-3-7-12-10-6-4-5-9(11)8(10)2/h4-6H,3,7H2,1-2H3. The van der Waals surface area contributed by atoms with Crippen molar-refractivity contribution in [2.24, 2.45) is 0 Å². The Kier molecular flexibility index (Phi) is 4.16. The van der Waals surface area contributed by atoms with Crippen LogP contribution in [0.3, 0.4) is 0 Å². The molecule has 2 heteroatoms. The Morgan fingerprint density at radius 3 is 2.83 bits per heavy atom. The van der Waals surface area contributed by atoms with E-state index in [2.05, 4.69) is 48.0 Å². The molecule has 1 rings (SSSR count). The summed E-state index contributed by atoms with van der Waals surface area (Å²) in [5.74, 6) is 1.21. The van der Waals surface area contributed by atoms with Gasteiger partial charge in [-0.25, -0.2) is 0 Å². The molecule has 12 heavy (non-hydrogen) atoms. The van der Waals surface area contributed by atoms with Crippen molar-refractivity contribution in [3.05, 3.63) is 28.2 Å². The number of rotatable bonds is 3. The summed E-state index contributed by atoms with van der Waals surface area (Å²) in [6, 6.07) is 6.36. The first-order chi connectivity index (χ1) is 5.75. The fourth-order valence-electron chi connectivity index (χ4n) is 0.956. The molecule has 0 unspecified atom stereocenters. The highest BCUT2D eigenvalue weighted by Gasteiger charge is 2.00. The van der Waals surface area contributed by atoms with Crippen molar-refractivity contribution in [2.75, 3.05) is 5.75 Å². The average Bonchev–Trinajstić information content (AvgIpc) is 2.08. The van der Waals surface area contributed by atoms with Gasteiger partial charge in [0.2, 0.25) is 0 Å². The van der Waals surface area contributed by atoms with Crippen LogP contribution >= 0.6 is 27.7 Å². The van der Waals surface area contributed by atoms with E-state index in [0.717, 1.165) is 0 Å². The Morgan fingerprint density at radius 2 is 2.17 bits per heavy atom. The smallest absolute Gasteiger partial charge is 0.0215 e. The van der Waals surface area contributed by atoms with E-state index < -0.39 is 0 Å². The van der Waals surface area contributed by atoms with Crippen molar-refractivity contribution in [2.45, 2.75) is 25.2 Å². The van der Waals surface area contributed by atoms with Gasteiger partial charge in [-0.1, -0.05) is 28.9 Å². The number of thioether (sulfide) groups is 1. The van der Waals surface area contributed by atoms with Crippen molar-refractivity contribution >= 4 is 27.7 Å². The lowest BCUT2D eigenvalue weighted by molar-refractivity contribution is 1.10. The van der Waals surface area contributed by atoms with Crippen molar-refractivity contribution in [3.8, 4) is 0 Å². The van der Waals surface area contributed by atoms with Crippen molar-refractivity contribution in [3.63, 3.8) is 0 Å². The van der Waals surface area contributed by atoms with Gasteiger partial charge in [0, 0.05) is 9.37 Å². The minimum Gasteiger partial charge on any atom is -0.126 e. The molecule has 0 spiro atoms. The quantitative estimate of drug-likeness (QED) is 0.717. The summed E-state index contributed by atoms with van der Waals surface area (Å²) in [6.45, 7) is 4.36. The molecule has 0 aromatic heterocycles. The van der Waals surface area contributed by atoms with Gasteiger partial charge < -0.3 is 0 Å². The molecule has 0 N–H and O–H groups in total. The van der Waals surface area contributed by atoms with Crippen LogP contribution in [0, 0.1) is 6.92 Å². The van der Waals surface area contributed by atoms with E-state index in [0.29, 0.717) is 0 Å². The summed E-state index contributed by atoms with van der Waals surface area (Å²) in [4.78, 5) is 1.39. The molecule has 0 radical (unpaired) electrons. The summed E-state index contributed by atoms with van der Waals surface area (Å²) in [5.41, 5.74) is 1.36. The van der Waals surface area contributed by atoms with Crippen LogP contribution in [0.4, 0.5) is 0 Å². The zero-order valence-electron chi connectivity index (χ0n) is 7.43. The first-order valence-electron chi connectivity index (χ1n) is 4.13. The lowest BCUT2D eigenvalue weighted by Gasteiger charge is -2.05. The van der Waals surface area contributed by atoms with Crippen LogP contribution in [-0.2, 0) is 0 Å². The molecule has 0 bridgehead atoms. The van der Waals surface area contributed by atoms with E-state index in [-0.39, 0.29) is 0 Å². The van der Waals surface area contributed by atoms with Crippen LogP contribution in [0.5, 0.6) is 0 Å². The highest BCUT2D eigenvalue weighted by atomic mass is 79.9. The second kappa shape index (κ2) is 4.93. The molecule has 0 fully saturated rings. The molecule has 0 atom stereocenters. The van der Waals surface area contributed by atoms with Gasteiger partial charge in [0.05, 0.1) is 0 Å². The second-order valence-electron chi connectivity index (χ2n) is 2.71. The molecule has 66 valence electrons. The molecule has 1 aromatic carbocycles. The Labute approximate surface area is 86.9 Å². The van der Waals surface area contributed by atoms with Crippen molar-refractivity contribution < 1.29 is 0 Å². The lowest BCUT2D eigenvalue weighted by atomic mass is 10.2. The first-order valence-corrected chi connectivity index (χ1v) is 5.91. The van der Waals surface area contributed by atoms with Crippen LogP contribution in [0.1, 0.15) is 18.9 Å². The van der Waals surface area contributed by atoms with Crippen molar-refractivity contribution in [1.82, 2.24) is 0 Å². The van der Waals surface area contributed by atoms with E-state index in [1.165, 1.54) is 27.1 Å². The van der Waals surface area contributed by atoms with Crippen molar-refractivity contribution in [1.29, 1.82) is 0 Å². The third kappa shape index (κ3) is 2.53. The second-order valence-corrected chi connectivity index (χ2v) is 4.70. The number of halogens is 1. The molecular formula is C10H13BrS. The molecule has 1 aromatic rings. The molecule has 0 amide bonds. The molecule has 0 aliphatic rings.